The minimum Gasteiger partial charge on any atom is -0.497 e. The highest BCUT2D eigenvalue weighted by molar-refractivity contribution is 5.98. The van der Waals surface area contributed by atoms with Gasteiger partial charge in [0.15, 0.2) is 0 Å². The second-order valence-corrected chi connectivity index (χ2v) is 6.87. The SMILES string of the molecule is COc1ccc(C(=O)N[C@H]2C[C@H]3C(=O)N[C@@H](C(C)C)C(=O)N3C2)cc1. The van der Waals surface area contributed by atoms with Gasteiger partial charge >= 0.3 is 0 Å². The lowest BCUT2D eigenvalue weighted by Gasteiger charge is -2.36. The predicted molar refractivity (Wildman–Crippen MR) is 91.1 cm³/mol. The van der Waals surface area contributed by atoms with E-state index in [9.17, 15) is 14.4 Å². The number of carbonyl (C=O) groups excluding carboxylic acids is 3. The van der Waals surface area contributed by atoms with Gasteiger partial charge in [-0.25, -0.2) is 0 Å². The van der Waals surface area contributed by atoms with Crippen LogP contribution in [-0.4, -0.2) is 54.4 Å². The molecule has 3 rings (SSSR count). The third-order valence-corrected chi connectivity index (χ3v) is 4.80. The number of rotatable bonds is 4. The van der Waals surface area contributed by atoms with Gasteiger partial charge in [-0.05, 0) is 36.6 Å². The van der Waals surface area contributed by atoms with E-state index in [1.165, 1.54) is 0 Å². The van der Waals surface area contributed by atoms with Crippen molar-refractivity contribution >= 4 is 17.7 Å². The van der Waals surface area contributed by atoms with Gasteiger partial charge in [0.05, 0.1) is 7.11 Å². The van der Waals surface area contributed by atoms with Crippen molar-refractivity contribution in [3.05, 3.63) is 29.8 Å². The number of piperazine rings is 1. The second kappa shape index (κ2) is 6.74. The van der Waals surface area contributed by atoms with E-state index in [4.69, 9.17) is 4.74 Å². The number of fused-ring (bicyclic) bond motifs is 1. The molecule has 0 aliphatic carbocycles. The highest BCUT2D eigenvalue weighted by Crippen LogP contribution is 2.25. The number of nitrogens with zero attached hydrogens (tertiary/aromatic N) is 1. The second-order valence-electron chi connectivity index (χ2n) is 6.87. The summed E-state index contributed by atoms with van der Waals surface area (Å²) in [7, 11) is 1.57. The molecule has 3 atom stereocenters. The third kappa shape index (κ3) is 3.31. The number of benzene rings is 1. The topological polar surface area (TPSA) is 87.7 Å². The minimum atomic E-state index is -0.497. The molecule has 25 heavy (non-hydrogen) atoms. The van der Waals surface area contributed by atoms with E-state index >= 15 is 0 Å². The quantitative estimate of drug-likeness (QED) is 0.834. The maximum atomic E-state index is 12.6. The van der Waals surface area contributed by atoms with Gasteiger partial charge in [0, 0.05) is 18.2 Å². The van der Waals surface area contributed by atoms with Crippen LogP contribution in [0.15, 0.2) is 24.3 Å². The van der Waals surface area contributed by atoms with E-state index in [-0.39, 0.29) is 29.7 Å². The summed E-state index contributed by atoms with van der Waals surface area (Å²) in [6, 6.07) is 5.59. The summed E-state index contributed by atoms with van der Waals surface area (Å²) in [6.07, 6.45) is 0.435. The molecule has 0 radical (unpaired) electrons. The number of nitrogens with one attached hydrogen (secondary N) is 2. The van der Waals surface area contributed by atoms with E-state index in [1.807, 2.05) is 13.8 Å². The Labute approximate surface area is 146 Å². The fourth-order valence-electron chi connectivity index (χ4n) is 3.39. The van der Waals surface area contributed by atoms with Crippen LogP contribution in [-0.2, 0) is 9.59 Å². The van der Waals surface area contributed by atoms with Crippen LogP contribution in [0, 0.1) is 5.92 Å². The van der Waals surface area contributed by atoms with Gasteiger partial charge in [-0.15, -0.1) is 0 Å². The fraction of sp³-hybridized carbons (Fsp3) is 0.500. The molecule has 0 spiro atoms. The zero-order chi connectivity index (χ0) is 18.1. The maximum Gasteiger partial charge on any atom is 0.251 e. The first-order valence-electron chi connectivity index (χ1n) is 8.46. The number of carbonyl (C=O) groups is 3. The molecule has 7 heteroatoms. The van der Waals surface area contributed by atoms with Crippen molar-refractivity contribution in [2.75, 3.05) is 13.7 Å². The molecule has 0 aromatic heterocycles. The number of amides is 3. The van der Waals surface area contributed by atoms with E-state index in [1.54, 1.807) is 36.3 Å². The highest BCUT2D eigenvalue weighted by Gasteiger charge is 2.47. The number of hydrogen-bond donors (Lipinski definition) is 2. The van der Waals surface area contributed by atoms with Crippen molar-refractivity contribution in [1.29, 1.82) is 0 Å². The van der Waals surface area contributed by atoms with Crippen molar-refractivity contribution in [3.63, 3.8) is 0 Å². The Kier molecular flexibility index (Phi) is 4.65. The molecule has 0 saturated carbocycles. The summed E-state index contributed by atoms with van der Waals surface area (Å²) in [5.74, 6) is 0.281. The molecule has 2 N–H and O–H groups in total. The summed E-state index contributed by atoms with van der Waals surface area (Å²) in [4.78, 5) is 38.8. The van der Waals surface area contributed by atoms with Crippen LogP contribution in [0.25, 0.3) is 0 Å². The molecule has 134 valence electrons. The molecular weight excluding hydrogens is 322 g/mol. The van der Waals surface area contributed by atoms with Gasteiger partial charge < -0.3 is 20.3 Å². The van der Waals surface area contributed by atoms with Crippen LogP contribution in [0.4, 0.5) is 0 Å². The predicted octanol–water partition coefficient (Wildman–Crippen LogP) is 0.549. The summed E-state index contributed by atoms with van der Waals surface area (Å²) < 4.78 is 5.08. The molecule has 2 aliphatic heterocycles. The van der Waals surface area contributed by atoms with Crippen molar-refractivity contribution in [1.82, 2.24) is 15.5 Å². The standard InChI is InChI=1S/C18H23N3O4/c1-10(2)15-18(24)21-9-12(8-14(21)17(23)20-15)19-16(22)11-4-6-13(25-3)7-5-11/h4-7,10,12,14-15H,8-9H2,1-3H3,(H,19,22)(H,20,23)/t12-,14-,15-/m0/s1. The van der Waals surface area contributed by atoms with Gasteiger partial charge in [-0.2, -0.15) is 0 Å². The summed E-state index contributed by atoms with van der Waals surface area (Å²) in [5.41, 5.74) is 0.515. The lowest BCUT2D eigenvalue weighted by atomic mass is 9.98. The highest BCUT2D eigenvalue weighted by atomic mass is 16.5. The van der Waals surface area contributed by atoms with E-state index in [0.29, 0.717) is 24.3 Å². The third-order valence-electron chi connectivity index (χ3n) is 4.80. The van der Waals surface area contributed by atoms with E-state index in [0.717, 1.165) is 0 Å². The Balaban J connectivity index is 1.66. The molecule has 2 aliphatic rings. The molecule has 1 aromatic carbocycles. The minimum absolute atomic E-state index is 0.0327. The normalized spacial score (nSPS) is 25.6. The van der Waals surface area contributed by atoms with E-state index in [2.05, 4.69) is 10.6 Å². The summed E-state index contributed by atoms with van der Waals surface area (Å²) >= 11 is 0. The van der Waals surface area contributed by atoms with Crippen molar-refractivity contribution in [2.24, 2.45) is 5.92 Å². The Morgan fingerprint density at radius 3 is 2.56 bits per heavy atom. The summed E-state index contributed by atoms with van der Waals surface area (Å²) in [5, 5.41) is 5.72. The first kappa shape index (κ1) is 17.3. The maximum absolute atomic E-state index is 12.6. The largest absolute Gasteiger partial charge is 0.497 e. The number of hydrogen-bond acceptors (Lipinski definition) is 4. The van der Waals surface area contributed by atoms with Crippen molar-refractivity contribution in [3.8, 4) is 5.75 Å². The Hall–Kier alpha value is -2.57. The average molecular weight is 345 g/mol. The Morgan fingerprint density at radius 2 is 1.96 bits per heavy atom. The van der Waals surface area contributed by atoms with Gasteiger partial charge in [-0.1, -0.05) is 13.8 Å². The zero-order valence-corrected chi connectivity index (χ0v) is 14.6. The molecule has 2 heterocycles. The molecule has 0 unspecified atom stereocenters. The monoisotopic (exact) mass is 345 g/mol. The smallest absolute Gasteiger partial charge is 0.251 e. The van der Waals surface area contributed by atoms with Gasteiger partial charge in [0.25, 0.3) is 5.91 Å². The molecule has 2 saturated heterocycles. The summed E-state index contributed by atoms with van der Waals surface area (Å²) in [6.45, 7) is 4.17. The van der Waals surface area contributed by atoms with Gasteiger partial charge in [-0.3, -0.25) is 14.4 Å². The average Bonchev–Trinajstić information content (AvgIpc) is 3.02. The van der Waals surface area contributed by atoms with E-state index < -0.39 is 12.1 Å². The Bertz CT molecular complexity index is 686. The van der Waals surface area contributed by atoms with Crippen LogP contribution in [0.5, 0.6) is 5.75 Å². The van der Waals surface area contributed by atoms with Crippen molar-refractivity contribution < 1.29 is 19.1 Å². The molecular formula is C18H23N3O4. The molecule has 0 bridgehead atoms. The first-order valence-corrected chi connectivity index (χ1v) is 8.46. The van der Waals surface area contributed by atoms with Gasteiger partial charge in [0.1, 0.15) is 17.8 Å². The van der Waals surface area contributed by atoms with Crippen molar-refractivity contribution in [2.45, 2.75) is 38.4 Å². The molecule has 3 amide bonds. The van der Waals surface area contributed by atoms with Crippen LogP contribution in [0.1, 0.15) is 30.6 Å². The number of ether oxygens (including phenoxy) is 1. The van der Waals surface area contributed by atoms with Crippen LogP contribution < -0.4 is 15.4 Å². The fourth-order valence-corrected chi connectivity index (χ4v) is 3.39. The zero-order valence-electron chi connectivity index (χ0n) is 14.6. The lowest BCUT2D eigenvalue weighted by Crippen LogP contribution is -2.62. The van der Waals surface area contributed by atoms with Crippen LogP contribution >= 0.6 is 0 Å². The lowest BCUT2D eigenvalue weighted by molar-refractivity contribution is -0.148. The van der Waals surface area contributed by atoms with Crippen LogP contribution in [0.3, 0.4) is 0 Å². The van der Waals surface area contributed by atoms with Gasteiger partial charge in [0.2, 0.25) is 11.8 Å². The van der Waals surface area contributed by atoms with Crippen LogP contribution in [0.2, 0.25) is 0 Å². The first-order chi connectivity index (χ1) is 11.9. The molecule has 1 aromatic rings. The Morgan fingerprint density at radius 1 is 1.28 bits per heavy atom. The molecule has 2 fully saturated rings. The number of methoxy groups -OCH3 is 1. The molecule has 7 nitrogen and oxygen atoms in total.